The van der Waals surface area contributed by atoms with E-state index in [1.165, 1.54) is 5.56 Å². The van der Waals surface area contributed by atoms with Crippen molar-refractivity contribution in [3.63, 3.8) is 0 Å². The molecule has 0 bridgehead atoms. The molecule has 4 heteroatoms. The number of hydrogen-bond donors (Lipinski definition) is 1. The number of thiophene rings is 1. The molecule has 1 fully saturated rings. The molecule has 1 N–H and O–H groups in total. The third-order valence-corrected chi connectivity index (χ3v) is 3.73. The Kier molecular flexibility index (Phi) is 3.96. The van der Waals surface area contributed by atoms with Gasteiger partial charge in [0.15, 0.2) is 0 Å². The highest BCUT2D eigenvalue weighted by atomic mass is 32.1. The first-order chi connectivity index (χ1) is 7.83. The predicted molar refractivity (Wildman–Crippen MR) is 65.1 cm³/mol. The van der Waals surface area contributed by atoms with Crippen LogP contribution in [0.3, 0.4) is 0 Å². The molecule has 0 aliphatic carbocycles. The number of esters is 1. The van der Waals surface area contributed by atoms with Gasteiger partial charge in [-0.1, -0.05) is 0 Å². The van der Waals surface area contributed by atoms with Crippen molar-refractivity contribution in [3.05, 3.63) is 21.9 Å². The minimum atomic E-state index is -0.169. The number of rotatable bonds is 3. The molecule has 0 unspecified atom stereocenters. The Hall–Kier alpha value is -0.870. The van der Waals surface area contributed by atoms with Crippen molar-refractivity contribution in [3.8, 4) is 0 Å². The Morgan fingerprint density at radius 3 is 2.94 bits per heavy atom. The van der Waals surface area contributed by atoms with E-state index in [1.54, 1.807) is 11.3 Å². The lowest BCUT2D eigenvalue weighted by molar-refractivity contribution is 0.0525. The van der Waals surface area contributed by atoms with Crippen LogP contribution in [0.4, 0.5) is 0 Å². The number of nitrogens with one attached hydrogen (secondary N) is 1. The molecular formula is C12H17NO2S. The zero-order valence-corrected chi connectivity index (χ0v) is 10.3. The van der Waals surface area contributed by atoms with Crippen LogP contribution in [0.1, 0.15) is 41.6 Å². The highest BCUT2D eigenvalue weighted by Crippen LogP contribution is 2.31. The maximum atomic E-state index is 11.7. The van der Waals surface area contributed by atoms with Crippen LogP contribution in [0.5, 0.6) is 0 Å². The van der Waals surface area contributed by atoms with E-state index in [0.29, 0.717) is 12.5 Å². The van der Waals surface area contributed by atoms with Crippen LogP contribution in [0.15, 0.2) is 10.8 Å². The Bertz CT molecular complexity index is 356. The van der Waals surface area contributed by atoms with Gasteiger partial charge in [-0.3, -0.25) is 0 Å². The van der Waals surface area contributed by atoms with Crippen LogP contribution in [0.25, 0.3) is 0 Å². The minimum Gasteiger partial charge on any atom is -0.462 e. The summed E-state index contributed by atoms with van der Waals surface area (Å²) in [5.74, 6) is 0.351. The van der Waals surface area contributed by atoms with Gasteiger partial charge in [0.05, 0.1) is 12.2 Å². The molecule has 0 amide bonds. The summed E-state index contributed by atoms with van der Waals surface area (Å²) < 4.78 is 5.07. The van der Waals surface area contributed by atoms with E-state index >= 15 is 0 Å². The van der Waals surface area contributed by atoms with Crippen LogP contribution in [0, 0.1) is 0 Å². The molecule has 88 valence electrons. The molecule has 2 rings (SSSR count). The largest absolute Gasteiger partial charge is 0.462 e. The fourth-order valence-electron chi connectivity index (χ4n) is 2.13. The summed E-state index contributed by atoms with van der Waals surface area (Å²) in [5.41, 5.74) is 1.96. The van der Waals surface area contributed by atoms with E-state index in [-0.39, 0.29) is 5.97 Å². The molecule has 1 aromatic rings. The summed E-state index contributed by atoms with van der Waals surface area (Å²) in [4.78, 5) is 11.7. The lowest BCUT2D eigenvalue weighted by Gasteiger charge is -2.22. The molecule has 1 aromatic heterocycles. The number of carbonyl (C=O) groups is 1. The fourth-order valence-corrected chi connectivity index (χ4v) is 3.03. The summed E-state index contributed by atoms with van der Waals surface area (Å²) in [7, 11) is 0. The van der Waals surface area contributed by atoms with Gasteiger partial charge >= 0.3 is 5.97 Å². The predicted octanol–water partition coefficient (Wildman–Crippen LogP) is 2.39. The van der Waals surface area contributed by atoms with Crippen molar-refractivity contribution in [2.75, 3.05) is 19.7 Å². The van der Waals surface area contributed by atoms with E-state index < -0.39 is 0 Å². The normalized spacial score (nSPS) is 17.3. The van der Waals surface area contributed by atoms with Crippen LogP contribution < -0.4 is 5.32 Å². The van der Waals surface area contributed by atoms with Crippen molar-refractivity contribution in [2.24, 2.45) is 0 Å². The second-order valence-electron chi connectivity index (χ2n) is 3.99. The summed E-state index contributed by atoms with van der Waals surface area (Å²) in [5, 5.41) is 7.35. The molecule has 0 radical (unpaired) electrons. The van der Waals surface area contributed by atoms with Gasteiger partial charge in [0.1, 0.15) is 0 Å². The zero-order chi connectivity index (χ0) is 11.4. The molecule has 1 aliphatic rings. The van der Waals surface area contributed by atoms with Gasteiger partial charge in [-0.25, -0.2) is 4.79 Å². The highest BCUT2D eigenvalue weighted by molar-refractivity contribution is 7.08. The van der Waals surface area contributed by atoms with E-state index in [2.05, 4.69) is 10.7 Å². The second kappa shape index (κ2) is 5.46. The van der Waals surface area contributed by atoms with Gasteiger partial charge in [0.25, 0.3) is 0 Å². The maximum Gasteiger partial charge on any atom is 0.339 e. The molecule has 0 spiro atoms. The summed E-state index contributed by atoms with van der Waals surface area (Å²) in [6.45, 7) is 4.38. The summed E-state index contributed by atoms with van der Waals surface area (Å²) in [6.07, 6.45) is 2.23. The lowest BCUT2D eigenvalue weighted by atomic mass is 9.90. The lowest BCUT2D eigenvalue weighted by Crippen LogP contribution is -2.27. The van der Waals surface area contributed by atoms with Gasteiger partial charge in [0.2, 0.25) is 0 Å². The molecular weight excluding hydrogens is 222 g/mol. The Balaban J connectivity index is 2.14. The Morgan fingerprint density at radius 2 is 2.25 bits per heavy atom. The van der Waals surface area contributed by atoms with Crippen molar-refractivity contribution < 1.29 is 9.53 Å². The molecule has 3 nitrogen and oxygen atoms in total. The van der Waals surface area contributed by atoms with Gasteiger partial charge in [0, 0.05) is 5.38 Å². The average molecular weight is 239 g/mol. The second-order valence-corrected chi connectivity index (χ2v) is 4.73. The van der Waals surface area contributed by atoms with Crippen molar-refractivity contribution in [1.29, 1.82) is 0 Å². The molecule has 1 aliphatic heterocycles. The highest BCUT2D eigenvalue weighted by Gasteiger charge is 2.22. The monoisotopic (exact) mass is 239 g/mol. The van der Waals surface area contributed by atoms with Crippen LogP contribution in [0.2, 0.25) is 0 Å². The third-order valence-electron chi connectivity index (χ3n) is 2.97. The topological polar surface area (TPSA) is 38.3 Å². The molecule has 0 atom stereocenters. The first-order valence-electron chi connectivity index (χ1n) is 5.77. The quantitative estimate of drug-likeness (QED) is 0.823. The smallest absolute Gasteiger partial charge is 0.339 e. The Labute approximate surface area is 99.8 Å². The number of hydrogen-bond acceptors (Lipinski definition) is 4. The summed E-state index contributed by atoms with van der Waals surface area (Å²) >= 11 is 1.59. The van der Waals surface area contributed by atoms with E-state index in [9.17, 15) is 4.79 Å². The number of piperidine rings is 1. The zero-order valence-electron chi connectivity index (χ0n) is 9.49. The van der Waals surface area contributed by atoms with E-state index in [1.807, 2.05) is 12.3 Å². The number of ether oxygens (including phenoxy) is 1. The van der Waals surface area contributed by atoms with Crippen LogP contribution in [-0.2, 0) is 4.74 Å². The first kappa shape index (κ1) is 11.6. The Morgan fingerprint density at radius 1 is 1.50 bits per heavy atom. The van der Waals surface area contributed by atoms with Gasteiger partial charge in [-0.05, 0) is 49.7 Å². The average Bonchev–Trinajstić information content (AvgIpc) is 2.79. The maximum absolute atomic E-state index is 11.7. The summed E-state index contributed by atoms with van der Waals surface area (Å²) in [6, 6.07) is 0. The van der Waals surface area contributed by atoms with E-state index in [0.717, 1.165) is 31.5 Å². The van der Waals surface area contributed by atoms with Crippen molar-refractivity contribution in [1.82, 2.24) is 5.32 Å². The molecule has 0 saturated carbocycles. The van der Waals surface area contributed by atoms with Crippen LogP contribution in [-0.4, -0.2) is 25.7 Å². The van der Waals surface area contributed by atoms with Crippen LogP contribution >= 0.6 is 11.3 Å². The van der Waals surface area contributed by atoms with Gasteiger partial charge in [-0.2, -0.15) is 11.3 Å². The van der Waals surface area contributed by atoms with Crippen molar-refractivity contribution in [2.45, 2.75) is 25.7 Å². The first-order valence-corrected chi connectivity index (χ1v) is 6.71. The fraction of sp³-hybridized carbons (Fsp3) is 0.583. The third kappa shape index (κ3) is 2.44. The molecule has 0 aromatic carbocycles. The van der Waals surface area contributed by atoms with E-state index in [4.69, 9.17) is 4.74 Å². The molecule has 1 saturated heterocycles. The van der Waals surface area contributed by atoms with Gasteiger partial charge < -0.3 is 10.1 Å². The van der Waals surface area contributed by atoms with Gasteiger partial charge in [-0.15, -0.1) is 0 Å². The SMILES string of the molecule is CCOC(=O)c1cscc1C1CCNCC1. The molecule has 16 heavy (non-hydrogen) atoms. The van der Waals surface area contributed by atoms with Crippen molar-refractivity contribution >= 4 is 17.3 Å². The standard InChI is InChI=1S/C12H17NO2S/c1-2-15-12(14)11-8-16-7-10(11)9-3-5-13-6-4-9/h7-9,13H,2-6H2,1H3. The number of carbonyl (C=O) groups excluding carboxylic acids is 1. The molecule has 2 heterocycles. The minimum absolute atomic E-state index is 0.169.